The van der Waals surface area contributed by atoms with Crippen molar-refractivity contribution in [3.05, 3.63) is 45.5 Å². The van der Waals surface area contributed by atoms with Crippen LogP contribution >= 0.6 is 0 Å². The standard InChI is InChI=1S/C11H8N8O2/c12-5-8-9(6-2-1-3-7(4-6)19(20)21)18-11(14-10(8)13)15-16-17-18/h1-4,10H,13H2,(H,14,15,17). The minimum Gasteiger partial charge on any atom is -0.333 e. The van der Waals surface area contributed by atoms with Gasteiger partial charge in [-0.15, -0.1) is 0 Å². The van der Waals surface area contributed by atoms with Crippen molar-refractivity contribution >= 4 is 17.3 Å². The molecule has 1 aliphatic heterocycles. The van der Waals surface area contributed by atoms with Crippen LogP contribution in [0.15, 0.2) is 29.8 Å². The van der Waals surface area contributed by atoms with Crippen LogP contribution in [-0.4, -0.2) is 31.3 Å². The van der Waals surface area contributed by atoms with E-state index in [2.05, 4.69) is 20.8 Å². The van der Waals surface area contributed by atoms with Crippen LogP contribution in [0, 0.1) is 21.4 Å². The highest BCUT2D eigenvalue weighted by Crippen LogP contribution is 2.29. The van der Waals surface area contributed by atoms with Crippen molar-refractivity contribution in [2.75, 3.05) is 5.32 Å². The van der Waals surface area contributed by atoms with Crippen molar-refractivity contribution in [3.8, 4) is 6.07 Å². The van der Waals surface area contributed by atoms with Crippen molar-refractivity contribution in [3.63, 3.8) is 0 Å². The summed E-state index contributed by atoms with van der Waals surface area (Å²) in [5.41, 5.74) is 6.71. The Balaban J connectivity index is 2.25. The molecule has 0 aliphatic carbocycles. The molecular weight excluding hydrogens is 276 g/mol. The van der Waals surface area contributed by atoms with Crippen LogP contribution in [0.5, 0.6) is 0 Å². The van der Waals surface area contributed by atoms with Crippen molar-refractivity contribution < 1.29 is 4.92 Å². The van der Waals surface area contributed by atoms with Crippen LogP contribution in [0.25, 0.3) is 5.70 Å². The third-order valence-corrected chi connectivity index (χ3v) is 2.98. The van der Waals surface area contributed by atoms with Gasteiger partial charge in [-0.1, -0.05) is 17.2 Å². The number of nitro benzene ring substituents is 1. The topological polar surface area (TPSA) is 149 Å². The van der Waals surface area contributed by atoms with Crippen LogP contribution in [0.2, 0.25) is 0 Å². The number of fused-ring (bicyclic) bond motifs is 1. The van der Waals surface area contributed by atoms with Crippen LogP contribution < -0.4 is 11.1 Å². The Labute approximate surface area is 117 Å². The number of hydrogen-bond donors (Lipinski definition) is 2. The first-order valence-corrected chi connectivity index (χ1v) is 5.82. The molecule has 10 heteroatoms. The monoisotopic (exact) mass is 284 g/mol. The Bertz CT molecular complexity index is 803. The summed E-state index contributed by atoms with van der Waals surface area (Å²) in [6.07, 6.45) is -0.789. The Kier molecular flexibility index (Phi) is 2.82. The molecule has 3 N–H and O–H groups in total. The third kappa shape index (κ3) is 1.97. The quantitative estimate of drug-likeness (QED) is 0.581. The lowest BCUT2D eigenvalue weighted by Crippen LogP contribution is -2.37. The molecule has 1 atom stereocenters. The van der Waals surface area contributed by atoms with E-state index in [1.54, 1.807) is 6.07 Å². The van der Waals surface area contributed by atoms with E-state index in [9.17, 15) is 15.4 Å². The predicted octanol–water partition coefficient (Wildman–Crippen LogP) is 0.0746. The minimum absolute atomic E-state index is 0.0981. The van der Waals surface area contributed by atoms with Crippen molar-refractivity contribution in [1.82, 2.24) is 20.2 Å². The van der Waals surface area contributed by atoms with Crippen LogP contribution in [0.1, 0.15) is 5.56 Å². The highest BCUT2D eigenvalue weighted by molar-refractivity contribution is 5.77. The molecule has 10 nitrogen and oxygen atoms in total. The number of nitrogens with two attached hydrogens (primary N) is 1. The zero-order valence-corrected chi connectivity index (χ0v) is 10.5. The number of aromatic nitrogens is 4. The van der Waals surface area contributed by atoms with Gasteiger partial charge in [0.05, 0.1) is 16.2 Å². The zero-order chi connectivity index (χ0) is 15.0. The molecule has 0 bridgehead atoms. The summed E-state index contributed by atoms with van der Waals surface area (Å²) in [5.74, 6) is 0.267. The van der Waals surface area contributed by atoms with Crippen molar-refractivity contribution in [2.45, 2.75) is 6.17 Å². The van der Waals surface area contributed by atoms with E-state index in [4.69, 9.17) is 5.73 Å². The summed E-state index contributed by atoms with van der Waals surface area (Å²) in [6, 6.07) is 7.84. The molecule has 1 unspecified atom stereocenters. The average Bonchev–Trinajstić information content (AvgIpc) is 2.93. The maximum atomic E-state index is 10.9. The van der Waals surface area contributed by atoms with Gasteiger partial charge in [-0.05, 0) is 10.4 Å². The largest absolute Gasteiger partial charge is 0.333 e. The predicted molar refractivity (Wildman–Crippen MR) is 70.4 cm³/mol. The molecule has 0 fully saturated rings. The smallest absolute Gasteiger partial charge is 0.270 e. The highest BCUT2D eigenvalue weighted by atomic mass is 16.6. The summed E-state index contributed by atoms with van der Waals surface area (Å²) in [7, 11) is 0. The normalized spacial score (nSPS) is 16.9. The van der Waals surface area contributed by atoms with Crippen LogP contribution in [0.3, 0.4) is 0 Å². The number of anilines is 1. The fourth-order valence-corrected chi connectivity index (χ4v) is 2.07. The van der Waals surface area contributed by atoms with Crippen molar-refractivity contribution in [2.24, 2.45) is 5.73 Å². The van der Waals surface area contributed by atoms with E-state index >= 15 is 0 Å². The molecule has 3 rings (SSSR count). The van der Waals surface area contributed by atoms with Crippen molar-refractivity contribution in [1.29, 1.82) is 5.26 Å². The van der Waals surface area contributed by atoms with E-state index in [0.717, 1.165) is 0 Å². The number of nitriles is 1. The lowest BCUT2D eigenvalue weighted by molar-refractivity contribution is -0.384. The number of rotatable bonds is 2. The lowest BCUT2D eigenvalue weighted by atomic mass is 10.0. The lowest BCUT2D eigenvalue weighted by Gasteiger charge is -2.23. The Morgan fingerprint density at radius 1 is 1.52 bits per heavy atom. The van der Waals surface area contributed by atoms with Gasteiger partial charge in [0.25, 0.3) is 5.69 Å². The highest BCUT2D eigenvalue weighted by Gasteiger charge is 2.28. The molecule has 1 aliphatic rings. The second-order valence-electron chi connectivity index (χ2n) is 4.22. The molecule has 0 amide bonds. The Morgan fingerprint density at radius 2 is 2.33 bits per heavy atom. The summed E-state index contributed by atoms with van der Waals surface area (Å²) in [6.45, 7) is 0. The maximum absolute atomic E-state index is 10.9. The van der Waals surface area contributed by atoms with Gasteiger partial charge in [-0.25, -0.2) is 0 Å². The van der Waals surface area contributed by atoms with Gasteiger partial charge in [-0.3, -0.25) is 10.1 Å². The molecule has 0 radical (unpaired) electrons. The second-order valence-corrected chi connectivity index (χ2v) is 4.22. The van der Waals surface area contributed by atoms with Gasteiger partial charge in [0.2, 0.25) is 5.95 Å². The molecule has 21 heavy (non-hydrogen) atoms. The van der Waals surface area contributed by atoms with Gasteiger partial charge in [0.15, 0.2) is 0 Å². The molecule has 2 aromatic rings. The summed E-state index contributed by atoms with van der Waals surface area (Å²) >= 11 is 0. The third-order valence-electron chi connectivity index (χ3n) is 2.98. The molecular formula is C11H8N8O2. The molecule has 104 valence electrons. The number of nitrogens with one attached hydrogen (secondary N) is 1. The first-order chi connectivity index (χ1) is 10.1. The van der Waals surface area contributed by atoms with Gasteiger partial charge in [0, 0.05) is 17.7 Å². The molecule has 0 saturated carbocycles. The number of tetrazole rings is 1. The fourth-order valence-electron chi connectivity index (χ4n) is 2.07. The number of benzene rings is 1. The number of non-ortho nitro benzene ring substituents is 1. The van der Waals surface area contributed by atoms with Gasteiger partial charge < -0.3 is 11.1 Å². The molecule has 2 heterocycles. The SMILES string of the molecule is N#CC1=C(c2cccc([N+](=O)[O-])c2)n2nnnc2NC1N. The Morgan fingerprint density at radius 3 is 3.05 bits per heavy atom. The van der Waals surface area contributed by atoms with E-state index < -0.39 is 11.1 Å². The number of nitrogens with zero attached hydrogens (tertiary/aromatic N) is 6. The summed E-state index contributed by atoms with van der Waals surface area (Å²) < 4.78 is 1.29. The molecule has 1 aromatic carbocycles. The van der Waals surface area contributed by atoms with E-state index in [0.29, 0.717) is 11.3 Å². The number of hydrogen-bond acceptors (Lipinski definition) is 8. The summed E-state index contributed by atoms with van der Waals surface area (Å²) in [5, 5.41) is 34.0. The summed E-state index contributed by atoms with van der Waals surface area (Å²) in [4.78, 5) is 10.4. The van der Waals surface area contributed by atoms with E-state index in [-0.39, 0.29) is 17.2 Å². The average molecular weight is 284 g/mol. The second kappa shape index (κ2) is 4.66. The first kappa shape index (κ1) is 12.7. The van der Waals surface area contributed by atoms with E-state index in [1.165, 1.54) is 22.9 Å². The maximum Gasteiger partial charge on any atom is 0.270 e. The fraction of sp³-hybridized carbons (Fsp3) is 0.0909. The zero-order valence-electron chi connectivity index (χ0n) is 10.5. The minimum atomic E-state index is -0.789. The van der Waals surface area contributed by atoms with Gasteiger partial charge in [0.1, 0.15) is 12.2 Å². The van der Waals surface area contributed by atoms with Gasteiger partial charge in [-0.2, -0.15) is 9.94 Å². The first-order valence-electron chi connectivity index (χ1n) is 5.82. The van der Waals surface area contributed by atoms with Gasteiger partial charge >= 0.3 is 0 Å². The van der Waals surface area contributed by atoms with E-state index in [1.807, 2.05) is 6.07 Å². The van der Waals surface area contributed by atoms with Crippen LogP contribution in [-0.2, 0) is 0 Å². The Hall–Kier alpha value is -3.32. The van der Waals surface area contributed by atoms with Crippen LogP contribution in [0.4, 0.5) is 11.6 Å². The number of nitro groups is 1. The molecule has 0 saturated heterocycles. The molecule has 0 spiro atoms. The molecule has 1 aromatic heterocycles.